The minimum Gasteiger partial charge on any atom is -0.399 e. The van der Waals surface area contributed by atoms with Gasteiger partial charge < -0.3 is 10.6 Å². The van der Waals surface area contributed by atoms with Crippen molar-refractivity contribution >= 4 is 5.69 Å². The van der Waals surface area contributed by atoms with E-state index in [0.717, 1.165) is 18.8 Å². The Labute approximate surface area is 93.1 Å². The Hall–Kier alpha value is -1.02. The largest absolute Gasteiger partial charge is 0.399 e. The van der Waals surface area contributed by atoms with E-state index >= 15 is 0 Å². The van der Waals surface area contributed by atoms with Crippen molar-refractivity contribution in [1.29, 1.82) is 0 Å². The second kappa shape index (κ2) is 4.67. The van der Waals surface area contributed by atoms with Crippen LogP contribution in [0.3, 0.4) is 0 Å². The van der Waals surface area contributed by atoms with Crippen molar-refractivity contribution < 1.29 is 0 Å². The van der Waals surface area contributed by atoms with Crippen LogP contribution in [0.25, 0.3) is 0 Å². The first-order valence-electron chi connectivity index (χ1n) is 5.40. The van der Waals surface area contributed by atoms with Crippen molar-refractivity contribution in [3.05, 3.63) is 29.8 Å². The summed E-state index contributed by atoms with van der Waals surface area (Å²) in [4.78, 5) is 2.33. The van der Waals surface area contributed by atoms with Gasteiger partial charge in [-0.25, -0.2) is 0 Å². The van der Waals surface area contributed by atoms with Gasteiger partial charge in [0.1, 0.15) is 0 Å². The minimum atomic E-state index is 0.342. The number of nitrogen functional groups attached to an aromatic ring is 1. The number of hydrogen-bond donors (Lipinski definition) is 1. The number of rotatable bonds is 3. The van der Waals surface area contributed by atoms with Gasteiger partial charge in [-0.15, -0.1) is 0 Å². The summed E-state index contributed by atoms with van der Waals surface area (Å²) in [5.74, 6) is 0. The number of nitrogens with two attached hydrogens (primary N) is 1. The summed E-state index contributed by atoms with van der Waals surface area (Å²) in [5.41, 5.74) is 8.21. The van der Waals surface area contributed by atoms with Gasteiger partial charge in [0.2, 0.25) is 0 Å². The van der Waals surface area contributed by atoms with Crippen LogP contribution in [0.2, 0.25) is 0 Å². The lowest BCUT2D eigenvalue weighted by atomic mass is 9.96. The van der Waals surface area contributed by atoms with Gasteiger partial charge in [0.25, 0.3) is 0 Å². The van der Waals surface area contributed by atoms with Crippen LogP contribution in [0.15, 0.2) is 24.3 Å². The van der Waals surface area contributed by atoms with E-state index in [2.05, 4.69) is 38.8 Å². The Balaban J connectivity index is 2.55. The molecule has 0 aliphatic rings. The quantitative estimate of drug-likeness (QED) is 0.770. The van der Waals surface area contributed by atoms with Crippen LogP contribution in [-0.2, 0) is 6.54 Å². The van der Waals surface area contributed by atoms with Gasteiger partial charge in [-0.3, -0.25) is 0 Å². The highest BCUT2D eigenvalue weighted by Crippen LogP contribution is 2.16. The number of hydrogen-bond acceptors (Lipinski definition) is 2. The third-order valence-corrected chi connectivity index (χ3v) is 2.15. The predicted molar refractivity (Wildman–Crippen MR) is 66.6 cm³/mol. The Morgan fingerprint density at radius 2 is 1.93 bits per heavy atom. The molecule has 2 heteroatoms. The van der Waals surface area contributed by atoms with Gasteiger partial charge in [0, 0.05) is 18.8 Å². The van der Waals surface area contributed by atoms with E-state index in [4.69, 9.17) is 5.73 Å². The first-order valence-corrected chi connectivity index (χ1v) is 5.40. The summed E-state index contributed by atoms with van der Waals surface area (Å²) in [6, 6.07) is 8.09. The zero-order valence-electron chi connectivity index (χ0n) is 10.2. The van der Waals surface area contributed by atoms with Gasteiger partial charge in [0.15, 0.2) is 0 Å². The highest BCUT2D eigenvalue weighted by atomic mass is 15.1. The topological polar surface area (TPSA) is 29.3 Å². The Morgan fingerprint density at radius 1 is 1.27 bits per heavy atom. The predicted octanol–water partition coefficient (Wildman–Crippen LogP) is 2.75. The minimum absolute atomic E-state index is 0.342. The van der Waals surface area contributed by atoms with Crippen LogP contribution in [0, 0.1) is 5.41 Å². The first-order chi connectivity index (χ1) is 6.87. The third kappa shape index (κ3) is 4.84. The van der Waals surface area contributed by atoms with Crippen LogP contribution in [0.1, 0.15) is 26.3 Å². The molecule has 2 N–H and O–H groups in total. The fourth-order valence-corrected chi connectivity index (χ4v) is 1.87. The molecule has 15 heavy (non-hydrogen) atoms. The van der Waals surface area contributed by atoms with Gasteiger partial charge >= 0.3 is 0 Å². The molecule has 0 aromatic heterocycles. The van der Waals surface area contributed by atoms with E-state index in [1.165, 1.54) is 5.56 Å². The molecule has 0 heterocycles. The van der Waals surface area contributed by atoms with Gasteiger partial charge in [-0.05, 0) is 30.2 Å². The van der Waals surface area contributed by atoms with Crippen molar-refractivity contribution in [3.63, 3.8) is 0 Å². The summed E-state index contributed by atoms with van der Waals surface area (Å²) in [5, 5.41) is 0. The lowest BCUT2D eigenvalue weighted by molar-refractivity contribution is 0.221. The van der Waals surface area contributed by atoms with Crippen molar-refractivity contribution in [2.75, 3.05) is 19.3 Å². The average molecular weight is 206 g/mol. The fraction of sp³-hybridized carbons (Fsp3) is 0.538. The molecule has 0 atom stereocenters. The summed E-state index contributed by atoms with van der Waals surface area (Å²) < 4.78 is 0. The van der Waals surface area contributed by atoms with E-state index in [9.17, 15) is 0 Å². The molecule has 0 fully saturated rings. The second-order valence-corrected chi connectivity index (χ2v) is 5.48. The molecule has 0 spiro atoms. The van der Waals surface area contributed by atoms with Gasteiger partial charge in [-0.1, -0.05) is 32.9 Å². The fourth-order valence-electron chi connectivity index (χ4n) is 1.87. The van der Waals surface area contributed by atoms with Crippen LogP contribution in [-0.4, -0.2) is 18.5 Å². The summed E-state index contributed by atoms with van der Waals surface area (Å²) in [7, 11) is 2.15. The summed E-state index contributed by atoms with van der Waals surface area (Å²) in [6.07, 6.45) is 0. The van der Waals surface area contributed by atoms with Crippen molar-refractivity contribution in [2.45, 2.75) is 27.3 Å². The molecule has 0 saturated carbocycles. The van der Waals surface area contributed by atoms with Crippen LogP contribution in [0.4, 0.5) is 5.69 Å². The molecule has 0 aliphatic carbocycles. The molecule has 0 amide bonds. The monoisotopic (exact) mass is 206 g/mol. The maximum atomic E-state index is 5.74. The molecule has 1 aromatic carbocycles. The molecule has 2 nitrogen and oxygen atoms in total. The molecule has 0 bridgehead atoms. The number of anilines is 1. The molecule has 1 rings (SSSR count). The maximum absolute atomic E-state index is 5.74. The lowest BCUT2D eigenvalue weighted by Gasteiger charge is -2.26. The molecular weight excluding hydrogens is 184 g/mol. The van der Waals surface area contributed by atoms with Gasteiger partial charge in [-0.2, -0.15) is 0 Å². The zero-order valence-corrected chi connectivity index (χ0v) is 10.2. The highest BCUT2D eigenvalue weighted by Gasteiger charge is 2.13. The lowest BCUT2D eigenvalue weighted by Crippen LogP contribution is -2.28. The summed E-state index contributed by atoms with van der Waals surface area (Å²) in [6.45, 7) is 8.80. The SMILES string of the molecule is CN(Cc1cccc(N)c1)CC(C)(C)C. The van der Waals surface area contributed by atoms with Crippen molar-refractivity contribution in [3.8, 4) is 0 Å². The molecule has 0 saturated heterocycles. The third-order valence-electron chi connectivity index (χ3n) is 2.15. The standard InChI is InChI=1S/C13H22N2/c1-13(2,3)10-15(4)9-11-6-5-7-12(14)8-11/h5-8H,9-10,14H2,1-4H3. The number of nitrogens with zero attached hydrogens (tertiary/aromatic N) is 1. The van der Waals surface area contributed by atoms with E-state index in [-0.39, 0.29) is 0 Å². The van der Waals surface area contributed by atoms with E-state index in [1.54, 1.807) is 0 Å². The second-order valence-electron chi connectivity index (χ2n) is 5.48. The van der Waals surface area contributed by atoms with Crippen LogP contribution >= 0.6 is 0 Å². The first kappa shape index (κ1) is 12.1. The molecule has 0 aliphatic heterocycles. The van der Waals surface area contributed by atoms with E-state index < -0.39 is 0 Å². The number of benzene rings is 1. The van der Waals surface area contributed by atoms with Crippen LogP contribution in [0.5, 0.6) is 0 Å². The molecule has 84 valence electrons. The maximum Gasteiger partial charge on any atom is 0.0317 e. The highest BCUT2D eigenvalue weighted by molar-refractivity contribution is 5.40. The molecular formula is C13H22N2. The Bertz CT molecular complexity index is 313. The average Bonchev–Trinajstić information content (AvgIpc) is 1.99. The van der Waals surface area contributed by atoms with E-state index in [1.807, 2.05) is 18.2 Å². The van der Waals surface area contributed by atoms with Gasteiger partial charge in [0.05, 0.1) is 0 Å². The Morgan fingerprint density at radius 3 is 2.47 bits per heavy atom. The normalized spacial score (nSPS) is 12.1. The molecule has 0 unspecified atom stereocenters. The molecule has 0 radical (unpaired) electrons. The van der Waals surface area contributed by atoms with Crippen molar-refractivity contribution in [2.24, 2.45) is 5.41 Å². The van der Waals surface area contributed by atoms with Crippen molar-refractivity contribution in [1.82, 2.24) is 4.90 Å². The van der Waals surface area contributed by atoms with E-state index in [0.29, 0.717) is 5.41 Å². The summed E-state index contributed by atoms with van der Waals surface area (Å²) >= 11 is 0. The zero-order chi connectivity index (χ0) is 11.5. The molecule has 1 aromatic rings. The Kier molecular flexibility index (Phi) is 3.75. The van der Waals surface area contributed by atoms with Crippen LogP contribution < -0.4 is 5.73 Å². The smallest absolute Gasteiger partial charge is 0.0317 e.